The average molecular weight is 229 g/mol. The van der Waals surface area contributed by atoms with Crippen molar-refractivity contribution in [2.24, 2.45) is 0 Å². The highest BCUT2D eigenvalue weighted by atomic mass is 32.2. The van der Waals surface area contributed by atoms with Gasteiger partial charge in [-0.1, -0.05) is 0 Å². The number of anilines is 1. The van der Waals surface area contributed by atoms with E-state index in [2.05, 4.69) is 15.5 Å². The highest BCUT2D eigenvalue weighted by molar-refractivity contribution is 7.90. The molecule has 1 aromatic rings. The Hall–Kier alpha value is -1.04. The van der Waals surface area contributed by atoms with Gasteiger partial charge in [0.2, 0.25) is 0 Å². The summed E-state index contributed by atoms with van der Waals surface area (Å²) in [5, 5.41) is 10.1. The first kappa shape index (κ1) is 10.5. The Bertz CT molecular complexity index is 462. The predicted octanol–water partition coefficient (Wildman–Crippen LogP) is 0.701. The smallest absolute Gasteiger partial charge is 0.155 e. The van der Waals surface area contributed by atoms with Gasteiger partial charge in [0.15, 0.2) is 15.7 Å². The van der Waals surface area contributed by atoms with Crippen molar-refractivity contribution in [3.63, 3.8) is 0 Å². The molecule has 0 saturated carbocycles. The zero-order chi connectivity index (χ0) is 11.1. The number of sulfone groups is 1. The summed E-state index contributed by atoms with van der Waals surface area (Å²) in [5.74, 6) is 1.01. The molecular formula is C9H15N3O2S. The van der Waals surface area contributed by atoms with E-state index in [1.54, 1.807) is 0 Å². The van der Waals surface area contributed by atoms with Gasteiger partial charge in [0.25, 0.3) is 0 Å². The maximum Gasteiger partial charge on any atom is 0.155 e. The maximum atomic E-state index is 11.5. The fourth-order valence-electron chi connectivity index (χ4n) is 1.71. The van der Waals surface area contributed by atoms with E-state index < -0.39 is 9.84 Å². The molecule has 2 heterocycles. The summed E-state index contributed by atoms with van der Waals surface area (Å²) in [4.78, 5) is 0. The van der Waals surface area contributed by atoms with Crippen LogP contribution < -0.4 is 5.32 Å². The summed E-state index contributed by atoms with van der Waals surface area (Å²) in [6.07, 6.45) is 0.546. The van der Waals surface area contributed by atoms with Crippen molar-refractivity contribution in [2.75, 3.05) is 11.1 Å². The molecule has 0 fully saturated rings. The van der Waals surface area contributed by atoms with E-state index in [4.69, 9.17) is 0 Å². The van der Waals surface area contributed by atoms with Crippen LogP contribution >= 0.6 is 0 Å². The standard InChI is InChI=1S/C9H15N3O2S/c1-6(2)10-9-7-5-15(13,14)4-3-8(7)11-12-9/h6H,3-5H2,1-2H3,(H2,10,11,12). The largest absolute Gasteiger partial charge is 0.366 e. The third-order valence-corrected chi connectivity index (χ3v) is 3.96. The lowest BCUT2D eigenvalue weighted by Gasteiger charge is -2.14. The minimum absolute atomic E-state index is 0.105. The van der Waals surface area contributed by atoms with Gasteiger partial charge in [-0.25, -0.2) is 8.42 Å². The van der Waals surface area contributed by atoms with Crippen molar-refractivity contribution in [1.82, 2.24) is 10.2 Å². The van der Waals surface area contributed by atoms with Gasteiger partial charge >= 0.3 is 0 Å². The fourth-order valence-corrected chi connectivity index (χ4v) is 3.12. The van der Waals surface area contributed by atoms with Crippen LogP contribution in [0.15, 0.2) is 0 Å². The lowest BCUT2D eigenvalue weighted by Crippen LogP contribution is -2.20. The van der Waals surface area contributed by atoms with Gasteiger partial charge < -0.3 is 5.32 Å². The van der Waals surface area contributed by atoms with Gasteiger partial charge in [-0.2, -0.15) is 5.10 Å². The Morgan fingerprint density at radius 1 is 1.47 bits per heavy atom. The van der Waals surface area contributed by atoms with Crippen molar-refractivity contribution < 1.29 is 8.42 Å². The van der Waals surface area contributed by atoms with Gasteiger partial charge in [-0.15, -0.1) is 0 Å². The summed E-state index contributed by atoms with van der Waals surface area (Å²) in [5.41, 5.74) is 1.77. The minimum Gasteiger partial charge on any atom is -0.366 e. The number of aromatic nitrogens is 2. The molecule has 0 amide bonds. The highest BCUT2D eigenvalue weighted by Crippen LogP contribution is 2.25. The Balaban J connectivity index is 2.33. The lowest BCUT2D eigenvalue weighted by molar-refractivity contribution is 0.591. The first-order valence-electron chi connectivity index (χ1n) is 5.01. The number of H-pyrrole nitrogens is 1. The molecule has 1 aromatic heterocycles. The molecule has 2 rings (SSSR count). The third kappa shape index (κ3) is 2.14. The Morgan fingerprint density at radius 2 is 2.20 bits per heavy atom. The Morgan fingerprint density at radius 3 is 2.87 bits per heavy atom. The van der Waals surface area contributed by atoms with Crippen molar-refractivity contribution in [2.45, 2.75) is 32.1 Å². The number of nitrogens with zero attached hydrogens (tertiary/aromatic N) is 1. The lowest BCUT2D eigenvalue weighted by atomic mass is 10.2. The molecular weight excluding hydrogens is 214 g/mol. The van der Waals surface area contributed by atoms with E-state index in [0.29, 0.717) is 12.2 Å². The molecule has 0 unspecified atom stereocenters. The Kier molecular flexibility index (Phi) is 2.46. The third-order valence-electron chi connectivity index (χ3n) is 2.41. The van der Waals surface area contributed by atoms with Crippen LogP contribution in [0.5, 0.6) is 0 Å². The van der Waals surface area contributed by atoms with Crippen LogP contribution in [0.4, 0.5) is 5.82 Å². The second-order valence-electron chi connectivity index (χ2n) is 4.17. The normalized spacial score (nSPS) is 18.9. The molecule has 0 saturated heterocycles. The fraction of sp³-hybridized carbons (Fsp3) is 0.667. The van der Waals surface area contributed by atoms with E-state index in [9.17, 15) is 8.42 Å². The SMILES string of the molecule is CC(C)Nc1n[nH]c2c1CS(=O)(=O)CC2. The average Bonchev–Trinajstić information content (AvgIpc) is 2.46. The van der Waals surface area contributed by atoms with Gasteiger partial charge in [-0.05, 0) is 13.8 Å². The second-order valence-corrected chi connectivity index (χ2v) is 6.35. The van der Waals surface area contributed by atoms with Crippen molar-refractivity contribution in [3.05, 3.63) is 11.3 Å². The molecule has 0 aliphatic carbocycles. The van der Waals surface area contributed by atoms with E-state index in [0.717, 1.165) is 11.3 Å². The zero-order valence-electron chi connectivity index (χ0n) is 8.87. The van der Waals surface area contributed by atoms with Crippen LogP contribution in [0.25, 0.3) is 0 Å². The molecule has 0 radical (unpaired) electrons. The number of hydrogen-bond donors (Lipinski definition) is 2. The predicted molar refractivity (Wildman–Crippen MR) is 58.5 cm³/mol. The quantitative estimate of drug-likeness (QED) is 0.783. The van der Waals surface area contributed by atoms with Crippen LogP contribution in [0.1, 0.15) is 25.1 Å². The molecule has 0 spiro atoms. The van der Waals surface area contributed by atoms with Crippen LogP contribution in [0.3, 0.4) is 0 Å². The summed E-state index contributed by atoms with van der Waals surface area (Å²) in [7, 11) is -2.92. The molecule has 0 aromatic carbocycles. The van der Waals surface area contributed by atoms with Crippen molar-refractivity contribution >= 4 is 15.7 Å². The molecule has 6 heteroatoms. The molecule has 5 nitrogen and oxygen atoms in total. The van der Waals surface area contributed by atoms with Crippen LogP contribution in [0.2, 0.25) is 0 Å². The number of hydrogen-bond acceptors (Lipinski definition) is 4. The molecule has 1 aliphatic heterocycles. The van der Waals surface area contributed by atoms with Crippen molar-refractivity contribution in [3.8, 4) is 0 Å². The van der Waals surface area contributed by atoms with E-state index in [-0.39, 0.29) is 17.5 Å². The molecule has 0 atom stereocenters. The number of nitrogens with one attached hydrogen (secondary N) is 2. The molecule has 0 bridgehead atoms. The van der Waals surface area contributed by atoms with E-state index >= 15 is 0 Å². The monoisotopic (exact) mass is 229 g/mol. The molecule has 2 N–H and O–H groups in total. The molecule has 15 heavy (non-hydrogen) atoms. The number of aromatic amines is 1. The second kappa shape index (κ2) is 3.52. The number of aryl methyl sites for hydroxylation is 1. The number of fused-ring (bicyclic) bond motifs is 1. The van der Waals surface area contributed by atoms with Crippen LogP contribution in [-0.4, -0.2) is 30.4 Å². The van der Waals surface area contributed by atoms with Gasteiger partial charge in [0, 0.05) is 23.7 Å². The topological polar surface area (TPSA) is 74.8 Å². The van der Waals surface area contributed by atoms with Crippen LogP contribution in [0, 0.1) is 0 Å². The zero-order valence-corrected chi connectivity index (χ0v) is 9.69. The Labute approximate surface area is 89.2 Å². The van der Waals surface area contributed by atoms with E-state index in [1.807, 2.05) is 13.8 Å². The van der Waals surface area contributed by atoms with Gasteiger partial charge in [-0.3, -0.25) is 5.10 Å². The van der Waals surface area contributed by atoms with Crippen molar-refractivity contribution in [1.29, 1.82) is 0 Å². The molecule has 84 valence electrons. The molecule has 1 aliphatic rings. The van der Waals surface area contributed by atoms with Gasteiger partial charge in [0.1, 0.15) is 0 Å². The van der Waals surface area contributed by atoms with Gasteiger partial charge in [0.05, 0.1) is 11.5 Å². The number of rotatable bonds is 2. The summed E-state index contributed by atoms with van der Waals surface area (Å²) < 4.78 is 23.0. The minimum atomic E-state index is -2.92. The van der Waals surface area contributed by atoms with Crippen LogP contribution in [-0.2, 0) is 22.0 Å². The first-order valence-corrected chi connectivity index (χ1v) is 6.83. The van der Waals surface area contributed by atoms with E-state index in [1.165, 1.54) is 0 Å². The first-order chi connectivity index (χ1) is 6.98. The summed E-state index contributed by atoms with van der Waals surface area (Å²) >= 11 is 0. The maximum absolute atomic E-state index is 11.5. The summed E-state index contributed by atoms with van der Waals surface area (Å²) in [6.45, 7) is 4.00. The highest BCUT2D eigenvalue weighted by Gasteiger charge is 2.26. The summed E-state index contributed by atoms with van der Waals surface area (Å²) in [6, 6.07) is 0.252.